The van der Waals surface area contributed by atoms with Gasteiger partial charge in [0.2, 0.25) is 5.88 Å². The molecule has 0 aromatic carbocycles. The van der Waals surface area contributed by atoms with E-state index >= 15 is 0 Å². The van der Waals surface area contributed by atoms with E-state index < -0.39 is 0 Å². The predicted octanol–water partition coefficient (Wildman–Crippen LogP) is 1.62. The first-order chi connectivity index (χ1) is 11.2. The fourth-order valence-electron chi connectivity index (χ4n) is 2.65. The number of amides is 1. The highest BCUT2D eigenvalue weighted by Crippen LogP contribution is 2.16. The van der Waals surface area contributed by atoms with E-state index in [1.165, 1.54) is 0 Å². The molecule has 1 aliphatic rings. The van der Waals surface area contributed by atoms with E-state index in [2.05, 4.69) is 34.1 Å². The number of carbonyl (C=O) groups is 1. The summed E-state index contributed by atoms with van der Waals surface area (Å²) in [4.78, 5) is 21.3. The molecule has 1 unspecified atom stereocenters. The highest BCUT2D eigenvalue weighted by Gasteiger charge is 2.20. The molecule has 0 saturated carbocycles. The first-order valence-electron chi connectivity index (χ1n) is 8.60. The average molecular weight is 334 g/mol. The lowest BCUT2D eigenvalue weighted by Gasteiger charge is -2.36. The molecular formula is C18H30N4O2. The number of aromatic nitrogens is 1. The normalized spacial score (nSPS) is 18.2. The summed E-state index contributed by atoms with van der Waals surface area (Å²) < 4.78 is 5.72. The van der Waals surface area contributed by atoms with Crippen molar-refractivity contribution >= 4 is 5.91 Å². The fourth-order valence-corrected chi connectivity index (χ4v) is 2.65. The Bertz CT molecular complexity index is 548. The summed E-state index contributed by atoms with van der Waals surface area (Å²) in [6.45, 7) is 12.9. The molecule has 1 fully saturated rings. The van der Waals surface area contributed by atoms with Crippen LogP contribution >= 0.6 is 0 Å². The van der Waals surface area contributed by atoms with E-state index in [1.807, 2.05) is 20.8 Å². The molecule has 1 N–H and O–H groups in total. The molecule has 0 spiro atoms. The van der Waals surface area contributed by atoms with Gasteiger partial charge in [-0.3, -0.25) is 9.69 Å². The summed E-state index contributed by atoms with van der Waals surface area (Å²) in [6, 6.07) is 3.74. The van der Waals surface area contributed by atoms with Gasteiger partial charge in [0.15, 0.2) is 0 Å². The maximum atomic E-state index is 12.4. The van der Waals surface area contributed by atoms with E-state index in [0.29, 0.717) is 24.0 Å². The SMILES string of the molecule is CC(CNC(=O)c1ccnc(OC(C)(C)C)c1)N1CCN(C)CC1. The number of likely N-dealkylation sites (N-methyl/N-ethyl adjacent to an activating group) is 1. The molecule has 1 atom stereocenters. The highest BCUT2D eigenvalue weighted by molar-refractivity contribution is 5.94. The third kappa shape index (κ3) is 5.76. The van der Waals surface area contributed by atoms with E-state index in [0.717, 1.165) is 26.2 Å². The second-order valence-corrected chi connectivity index (χ2v) is 7.50. The summed E-state index contributed by atoms with van der Waals surface area (Å²) >= 11 is 0. The minimum absolute atomic E-state index is 0.0860. The van der Waals surface area contributed by atoms with Crippen LogP contribution in [0.15, 0.2) is 18.3 Å². The van der Waals surface area contributed by atoms with E-state index in [9.17, 15) is 4.79 Å². The smallest absolute Gasteiger partial charge is 0.251 e. The van der Waals surface area contributed by atoms with Gasteiger partial charge in [0.25, 0.3) is 5.91 Å². The van der Waals surface area contributed by atoms with Crippen LogP contribution in [0.25, 0.3) is 0 Å². The van der Waals surface area contributed by atoms with Crippen molar-refractivity contribution < 1.29 is 9.53 Å². The zero-order valence-corrected chi connectivity index (χ0v) is 15.5. The van der Waals surface area contributed by atoms with Gasteiger partial charge in [0, 0.05) is 56.6 Å². The van der Waals surface area contributed by atoms with Gasteiger partial charge in [0.1, 0.15) is 5.60 Å². The lowest BCUT2D eigenvalue weighted by atomic mass is 10.2. The van der Waals surface area contributed by atoms with Crippen LogP contribution in [-0.2, 0) is 0 Å². The second kappa shape index (κ2) is 7.94. The third-order valence-corrected chi connectivity index (χ3v) is 4.13. The maximum Gasteiger partial charge on any atom is 0.251 e. The minimum atomic E-state index is -0.335. The van der Waals surface area contributed by atoms with Crippen LogP contribution in [0.1, 0.15) is 38.1 Å². The summed E-state index contributed by atoms with van der Waals surface area (Å²) in [5, 5.41) is 3.02. The highest BCUT2D eigenvalue weighted by atomic mass is 16.5. The summed E-state index contributed by atoms with van der Waals surface area (Å²) in [5.74, 6) is 0.388. The molecule has 134 valence electrons. The lowest BCUT2D eigenvalue weighted by Crippen LogP contribution is -2.51. The van der Waals surface area contributed by atoms with Crippen LogP contribution in [-0.4, -0.2) is 72.1 Å². The molecule has 24 heavy (non-hydrogen) atoms. The molecule has 2 heterocycles. The van der Waals surface area contributed by atoms with Crippen molar-refractivity contribution in [3.05, 3.63) is 23.9 Å². The predicted molar refractivity (Wildman–Crippen MR) is 95.5 cm³/mol. The van der Waals surface area contributed by atoms with Crippen molar-refractivity contribution in [2.45, 2.75) is 39.3 Å². The number of nitrogens with zero attached hydrogens (tertiary/aromatic N) is 3. The number of carbonyl (C=O) groups excluding carboxylic acids is 1. The molecule has 1 aliphatic heterocycles. The van der Waals surface area contributed by atoms with Crippen LogP contribution in [0.3, 0.4) is 0 Å². The first-order valence-corrected chi connectivity index (χ1v) is 8.60. The Hall–Kier alpha value is -1.66. The van der Waals surface area contributed by atoms with Gasteiger partial charge >= 0.3 is 0 Å². The molecule has 1 amide bonds. The zero-order chi connectivity index (χ0) is 17.7. The number of hydrogen-bond acceptors (Lipinski definition) is 5. The number of piperazine rings is 1. The molecule has 6 nitrogen and oxygen atoms in total. The molecule has 1 saturated heterocycles. The molecule has 2 rings (SSSR count). The van der Waals surface area contributed by atoms with E-state index in [1.54, 1.807) is 18.3 Å². The lowest BCUT2D eigenvalue weighted by molar-refractivity contribution is 0.0900. The Morgan fingerprint density at radius 1 is 1.33 bits per heavy atom. The van der Waals surface area contributed by atoms with Crippen molar-refractivity contribution in [2.24, 2.45) is 0 Å². The zero-order valence-electron chi connectivity index (χ0n) is 15.5. The van der Waals surface area contributed by atoms with Crippen LogP contribution in [0, 0.1) is 0 Å². The molecular weight excluding hydrogens is 304 g/mol. The Kier molecular flexibility index (Phi) is 6.18. The Balaban J connectivity index is 1.87. The molecule has 0 aliphatic carbocycles. The molecule has 0 bridgehead atoms. The maximum absolute atomic E-state index is 12.4. The number of rotatable bonds is 5. The minimum Gasteiger partial charge on any atom is -0.472 e. The van der Waals surface area contributed by atoms with Gasteiger partial charge in [-0.15, -0.1) is 0 Å². The molecule has 0 radical (unpaired) electrons. The topological polar surface area (TPSA) is 57.7 Å². The number of hydrogen-bond donors (Lipinski definition) is 1. The van der Waals surface area contributed by atoms with Crippen molar-refractivity contribution in [1.82, 2.24) is 20.1 Å². The van der Waals surface area contributed by atoms with Crippen molar-refractivity contribution in [1.29, 1.82) is 0 Å². The average Bonchev–Trinajstić information content (AvgIpc) is 2.51. The van der Waals surface area contributed by atoms with Crippen molar-refractivity contribution in [3.8, 4) is 5.88 Å². The number of nitrogens with one attached hydrogen (secondary N) is 1. The summed E-state index contributed by atoms with van der Waals surface area (Å²) in [5.41, 5.74) is 0.243. The largest absolute Gasteiger partial charge is 0.472 e. The van der Waals surface area contributed by atoms with Crippen molar-refractivity contribution in [3.63, 3.8) is 0 Å². The standard InChI is InChI=1S/C18H30N4O2/c1-14(22-10-8-21(5)9-11-22)13-20-17(23)15-6-7-19-16(12-15)24-18(2,3)4/h6-7,12,14H,8-11,13H2,1-5H3,(H,20,23). The summed E-state index contributed by atoms with van der Waals surface area (Å²) in [6.07, 6.45) is 1.61. The molecule has 6 heteroatoms. The van der Waals surface area contributed by atoms with Gasteiger partial charge in [-0.05, 0) is 40.8 Å². The van der Waals surface area contributed by atoms with Crippen LogP contribution in [0.2, 0.25) is 0 Å². The Morgan fingerprint density at radius 3 is 2.62 bits per heavy atom. The monoisotopic (exact) mass is 334 g/mol. The van der Waals surface area contributed by atoms with Gasteiger partial charge < -0.3 is 15.0 Å². The van der Waals surface area contributed by atoms with Gasteiger partial charge in [-0.2, -0.15) is 0 Å². The first kappa shape index (κ1) is 18.7. The van der Waals surface area contributed by atoms with Crippen LogP contribution in [0.4, 0.5) is 0 Å². The quantitative estimate of drug-likeness (QED) is 0.887. The third-order valence-electron chi connectivity index (χ3n) is 4.13. The van der Waals surface area contributed by atoms with Crippen LogP contribution in [0.5, 0.6) is 5.88 Å². The van der Waals surface area contributed by atoms with E-state index in [4.69, 9.17) is 4.74 Å². The Morgan fingerprint density at radius 2 is 2.00 bits per heavy atom. The fraction of sp³-hybridized carbons (Fsp3) is 0.667. The van der Waals surface area contributed by atoms with Gasteiger partial charge in [-0.25, -0.2) is 4.98 Å². The van der Waals surface area contributed by atoms with Gasteiger partial charge in [0.05, 0.1) is 0 Å². The molecule has 1 aromatic rings. The number of pyridine rings is 1. The van der Waals surface area contributed by atoms with Gasteiger partial charge in [-0.1, -0.05) is 0 Å². The summed E-state index contributed by atoms with van der Waals surface area (Å²) in [7, 11) is 2.14. The second-order valence-electron chi connectivity index (χ2n) is 7.50. The Labute approximate surface area is 145 Å². The van der Waals surface area contributed by atoms with Crippen LogP contribution < -0.4 is 10.1 Å². The van der Waals surface area contributed by atoms with Crippen molar-refractivity contribution in [2.75, 3.05) is 39.8 Å². The number of ether oxygens (including phenoxy) is 1. The molecule has 1 aromatic heterocycles. The van der Waals surface area contributed by atoms with E-state index in [-0.39, 0.29) is 11.5 Å².